The Morgan fingerprint density at radius 2 is 1.39 bits per heavy atom. The molecular weight excluding hydrogens is 360 g/mol. The SMILES string of the molecule is Cc1ccc(C(=O)OCc2coc(OC(=O)c3ccc(C)cc3)cc2=O)cc1. The molecule has 0 saturated heterocycles. The minimum absolute atomic E-state index is 0.135. The standard InChI is InChI=1S/C22H18O6/c1-14-3-7-16(8-4-14)21(24)27-13-18-12-26-20(11-19(18)23)28-22(25)17-9-5-15(2)6-10-17/h3-12H,13H2,1-2H3. The van der Waals surface area contributed by atoms with Gasteiger partial charge >= 0.3 is 11.9 Å². The fraction of sp³-hybridized carbons (Fsp3) is 0.136. The molecular formula is C22H18O6. The molecule has 6 nitrogen and oxygen atoms in total. The molecule has 0 fully saturated rings. The van der Waals surface area contributed by atoms with Gasteiger partial charge in [-0.1, -0.05) is 35.4 Å². The third-order valence-corrected chi connectivity index (χ3v) is 4.01. The highest BCUT2D eigenvalue weighted by Gasteiger charge is 2.13. The van der Waals surface area contributed by atoms with E-state index in [1.165, 1.54) is 0 Å². The molecule has 0 aliphatic rings. The summed E-state index contributed by atoms with van der Waals surface area (Å²) >= 11 is 0. The summed E-state index contributed by atoms with van der Waals surface area (Å²) in [7, 11) is 0. The molecule has 0 aliphatic heterocycles. The Kier molecular flexibility index (Phi) is 5.69. The van der Waals surface area contributed by atoms with Gasteiger partial charge in [0.1, 0.15) is 12.9 Å². The molecule has 2 aromatic carbocycles. The van der Waals surface area contributed by atoms with Crippen molar-refractivity contribution in [3.05, 3.63) is 98.9 Å². The molecule has 0 bridgehead atoms. The second-order valence-electron chi connectivity index (χ2n) is 6.29. The van der Waals surface area contributed by atoms with Crippen molar-refractivity contribution in [2.75, 3.05) is 0 Å². The molecule has 0 unspecified atom stereocenters. The zero-order valence-electron chi connectivity index (χ0n) is 15.4. The van der Waals surface area contributed by atoms with Crippen LogP contribution in [0.5, 0.6) is 5.95 Å². The van der Waals surface area contributed by atoms with Crippen molar-refractivity contribution in [2.45, 2.75) is 20.5 Å². The Morgan fingerprint density at radius 1 is 0.857 bits per heavy atom. The van der Waals surface area contributed by atoms with Crippen molar-refractivity contribution in [1.29, 1.82) is 0 Å². The molecule has 0 N–H and O–H groups in total. The second kappa shape index (κ2) is 8.35. The van der Waals surface area contributed by atoms with Crippen LogP contribution in [-0.4, -0.2) is 11.9 Å². The molecule has 0 radical (unpaired) electrons. The van der Waals surface area contributed by atoms with Crippen LogP contribution in [0.25, 0.3) is 0 Å². The number of esters is 2. The first kappa shape index (κ1) is 19.1. The van der Waals surface area contributed by atoms with E-state index in [9.17, 15) is 14.4 Å². The molecule has 0 atom stereocenters. The Hall–Kier alpha value is -3.67. The maximum absolute atomic E-state index is 12.2. The number of hydrogen-bond acceptors (Lipinski definition) is 6. The molecule has 142 valence electrons. The lowest BCUT2D eigenvalue weighted by Crippen LogP contribution is -2.14. The Morgan fingerprint density at radius 3 is 1.93 bits per heavy atom. The predicted molar refractivity (Wildman–Crippen MR) is 101 cm³/mol. The van der Waals surface area contributed by atoms with Gasteiger partial charge in [-0.25, -0.2) is 9.59 Å². The molecule has 0 aliphatic carbocycles. The number of benzene rings is 2. The minimum Gasteiger partial charge on any atom is -0.457 e. The lowest BCUT2D eigenvalue weighted by molar-refractivity contribution is 0.0469. The maximum atomic E-state index is 12.2. The van der Waals surface area contributed by atoms with Gasteiger partial charge in [-0.3, -0.25) is 4.79 Å². The number of carbonyl (C=O) groups is 2. The van der Waals surface area contributed by atoms with Gasteiger partial charge in [0.15, 0.2) is 5.43 Å². The summed E-state index contributed by atoms with van der Waals surface area (Å²) in [6.07, 6.45) is 1.11. The van der Waals surface area contributed by atoms with E-state index < -0.39 is 17.4 Å². The fourth-order valence-corrected chi connectivity index (χ4v) is 2.34. The van der Waals surface area contributed by atoms with Crippen LogP contribution in [0.1, 0.15) is 37.4 Å². The topological polar surface area (TPSA) is 82.8 Å². The molecule has 1 heterocycles. The Bertz CT molecular complexity index is 1050. The van der Waals surface area contributed by atoms with E-state index in [-0.39, 0.29) is 18.1 Å². The van der Waals surface area contributed by atoms with Crippen molar-refractivity contribution in [1.82, 2.24) is 0 Å². The van der Waals surface area contributed by atoms with Crippen molar-refractivity contribution < 1.29 is 23.5 Å². The second-order valence-corrected chi connectivity index (χ2v) is 6.29. The van der Waals surface area contributed by atoms with Gasteiger partial charge in [0.05, 0.1) is 22.8 Å². The van der Waals surface area contributed by atoms with Gasteiger partial charge in [0, 0.05) is 0 Å². The van der Waals surface area contributed by atoms with Crippen LogP contribution in [0.4, 0.5) is 0 Å². The number of aryl methyl sites for hydroxylation is 2. The van der Waals surface area contributed by atoms with Crippen LogP contribution in [0, 0.1) is 13.8 Å². The summed E-state index contributed by atoms with van der Waals surface area (Å²) < 4.78 is 15.4. The first-order chi connectivity index (χ1) is 13.4. The fourth-order valence-electron chi connectivity index (χ4n) is 2.34. The molecule has 0 saturated carbocycles. The zero-order valence-corrected chi connectivity index (χ0v) is 15.4. The first-order valence-electron chi connectivity index (χ1n) is 8.57. The zero-order chi connectivity index (χ0) is 20.1. The summed E-state index contributed by atoms with van der Waals surface area (Å²) in [6.45, 7) is 3.56. The number of hydrogen-bond donors (Lipinski definition) is 0. The normalized spacial score (nSPS) is 10.4. The van der Waals surface area contributed by atoms with Gasteiger partial charge in [-0.05, 0) is 38.1 Å². The molecule has 1 aromatic heterocycles. The van der Waals surface area contributed by atoms with Gasteiger partial charge in [0.2, 0.25) is 0 Å². The quantitative estimate of drug-likeness (QED) is 0.628. The van der Waals surface area contributed by atoms with E-state index in [0.717, 1.165) is 23.5 Å². The number of ether oxygens (including phenoxy) is 2. The lowest BCUT2D eigenvalue weighted by Gasteiger charge is -2.06. The molecule has 28 heavy (non-hydrogen) atoms. The van der Waals surface area contributed by atoms with E-state index in [1.54, 1.807) is 48.5 Å². The average Bonchev–Trinajstić information content (AvgIpc) is 2.68. The van der Waals surface area contributed by atoms with Crippen molar-refractivity contribution >= 4 is 11.9 Å². The first-order valence-corrected chi connectivity index (χ1v) is 8.57. The van der Waals surface area contributed by atoms with Gasteiger partial charge in [0.25, 0.3) is 5.95 Å². The average molecular weight is 378 g/mol. The summed E-state index contributed by atoms with van der Waals surface area (Å²) in [5.74, 6) is -1.42. The summed E-state index contributed by atoms with van der Waals surface area (Å²) in [5.41, 5.74) is 2.42. The van der Waals surface area contributed by atoms with Crippen LogP contribution in [0.2, 0.25) is 0 Å². The van der Waals surface area contributed by atoms with Crippen molar-refractivity contribution in [2.24, 2.45) is 0 Å². The molecule has 6 heteroatoms. The minimum atomic E-state index is -0.637. The van der Waals surface area contributed by atoms with Crippen LogP contribution in [0.15, 0.2) is 70.1 Å². The van der Waals surface area contributed by atoms with Crippen LogP contribution in [0.3, 0.4) is 0 Å². The highest BCUT2D eigenvalue weighted by Crippen LogP contribution is 2.13. The van der Waals surface area contributed by atoms with Crippen LogP contribution < -0.4 is 10.2 Å². The molecule has 0 spiro atoms. The summed E-state index contributed by atoms with van der Waals surface area (Å²) in [5, 5.41) is 0. The van der Waals surface area contributed by atoms with Gasteiger partial charge < -0.3 is 13.9 Å². The smallest absolute Gasteiger partial charge is 0.345 e. The van der Waals surface area contributed by atoms with Gasteiger partial charge in [-0.2, -0.15) is 0 Å². The highest BCUT2D eigenvalue weighted by molar-refractivity contribution is 5.90. The number of carbonyl (C=O) groups excluding carboxylic acids is 2. The highest BCUT2D eigenvalue weighted by atomic mass is 16.6. The van der Waals surface area contributed by atoms with Gasteiger partial charge in [-0.15, -0.1) is 0 Å². The molecule has 3 aromatic rings. The van der Waals surface area contributed by atoms with E-state index >= 15 is 0 Å². The summed E-state index contributed by atoms with van der Waals surface area (Å²) in [4.78, 5) is 36.2. The lowest BCUT2D eigenvalue weighted by atomic mass is 10.1. The van der Waals surface area contributed by atoms with E-state index in [0.29, 0.717) is 11.1 Å². The Balaban J connectivity index is 1.63. The largest absolute Gasteiger partial charge is 0.457 e. The van der Waals surface area contributed by atoms with Crippen molar-refractivity contribution in [3.63, 3.8) is 0 Å². The molecule has 0 amide bonds. The number of rotatable bonds is 5. The van der Waals surface area contributed by atoms with Crippen LogP contribution in [-0.2, 0) is 11.3 Å². The van der Waals surface area contributed by atoms with E-state index in [4.69, 9.17) is 13.9 Å². The molecule has 3 rings (SSSR count). The predicted octanol–water partition coefficient (Wildman–Crippen LogP) is 3.83. The third-order valence-electron chi connectivity index (χ3n) is 4.01. The maximum Gasteiger partial charge on any atom is 0.345 e. The summed E-state index contributed by atoms with van der Waals surface area (Å²) in [6, 6.07) is 14.7. The van der Waals surface area contributed by atoms with E-state index in [1.807, 2.05) is 13.8 Å². The van der Waals surface area contributed by atoms with E-state index in [2.05, 4.69) is 0 Å². The van der Waals surface area contributed by atoms with Crippen molar-refractivity contribution in [3.8, 4) is 5.95 Å². The van der Waals surface area contributed by atoms with Crippen LogP contribution >= 0.6 is 0 Å². The third kappa shape index (κ3) is 4.73. The Labute approximate surface area is 161 Å². The monoisotopic (exact) mass is 378 g/mol.